The van der Waals surface area contributed by atoms with Gasteiger partial charge in [-0.2, -0.15) is 5.26 Å². The summed E-state index contributed by atoms with van der Waals surface area (Å²) in [4.78, 5) is 30.5. The van der Waals surface area contributed by atoms with Gasteiger partial charge in [0.05, 0.1) is 28.5 Å². The van der Waals surface area contributed by atoms with Crippen LogP contribution in [-0.4, -0.2) is 76.6 Å². The van der Waals surface area contributed by atoms with Gasteiger partial charge in [-0.15, -0.1) is 36.6 Å². The summed E-state index contributed by atoms with van der Waals surface area (Å²) in [6.07, 6.45) is 2.76. The van der Waals surface area contributed by atoms with E-state index in [1.807, 2.05) is 53.1 Å². The normalized spacial score (nSPS) is 21.2. The van der Waals surface area contributed by atoms with E-state index in [4.69, 9.17) is 0 Å². The number of amides is 1. The molecule has 1 N–H and O–H groups in total. The third-order valence-corrected chi connectivity index (χ3v) is 8.71. The van der Waals surface area contributed by atoms with Crippen molar-refractivity contribution in [1.82, 2.24) is 15.1 Å². The fourth-order valence-electron chi connectivity index (χ4n) is 5.66. The fourth-order valence-corrected chi connectivity index (χ4v) is 6.61. The second-order valence-electron chi connectivity index (χ2n) is 9.96. The van der Waals surface area contributed by atoms with Crippen molar-refractivity contribution in [2.45, 2.75) is 43.9 Å². The third-order valence-electron chi connectivity index (χ3n) is 7.75. The van der Waals surface area contributed by atoms with E-state index >= 15 is 0 Å². The molecule has 2 aromatic rings. The zero-order chi connectivity index (χ0) is 25.8. The van der Waals surface area contributed by atoms with Gasteiger partial charge in [-0.05, 0) is 49.1 Å². The number of thioether (sulfide) groups is 1. The number of anilines is 1. The topological polar surface area (TPSA) is 106 Å². The van der Waals surface area contributed by atoms with Crippen molar-refractivity contribution >= 4 is 53.9 Å². The van der Waals surface area contributed by atoms with Crippen molar-refractivity contribution in [3.63, 3.8) is 0 Å². The second-order valence-corrected chi connectivity index (χ2v) is 11.0. The molecule has 3 fully saturated rings. The van der Waals surface area contributed by atoms with Crippen LogP contribution < -0.4 is 10.2 Å². The first-order chi connectivity index (χ1) is 18.0. The minimum atomic E-state index is -0.368. The van der Waals surface area contributed by atoms with Crippen LogP contribution in [0.3, 0.4) is 0 Å². The average Bonchev–Trinajstić information content (AvgIpc) is 3.65. The van der Waals surface area contributed by atoms with Gasteiger partial charge in [-0.1, -0.05) is 12.1 Å². The lowest BCUT2D eigenvalue weighted by Gasteiger charge is -2.42. The first-order valence-corrected chi connectivity index (χ1v) is 14.0. The molecule has 12 heteroatoms. The van der Waals surface area contributed by atoms with E-state index in [0.717, 1.165) is 69.3 Å². The molecule has 0 aromatic heterocycles. The number of benzene rings is 2. The Bertz CT molecular complexity index is 1150. The number of nitrogens with zero attached hydrogens (tertiary/aromatic N) is 5. The van der Waals surface area contributed by atoms with Crippen molar-refractivity contribution in [3.8, 4) is 6.07 Å². The lowest BCUT2D eigenvalue weighted by Crippen LogP contribution is -2.49. The number of nitriles is 1. The summed E-state index contributed by atoms with van der Waals surface area (Å²) >= 11 is 1.81. The smallest absolute Gasteiger partial charge is 0.269 e. The van der Waals surface area contributed by atoms with E-state index in [0.29, 0.717) is 11.6 Å². The van der Waals surface area contributed by atoms with Crippen molar-refractivity contribution in [2.24, 2.45) is 0 Å². The number of carbonyl (C=O) groups excluding carboxylic acids is 1. The number of rotatable bonds is 7. The molecule has 0 saturated carbocycles. The van der Waals surface area contributed by atoms with Crippen LogP contribution in [0.1, 0.15) is 30.4 Å². The zero-order valence-electron chi connectivity index (χ0n) is 21.6. The standard InChI is InChI=1S/C27H32N6O3S.2ClH/c28-16-20-1-3-21(4-2-20)18-32(25-15-26(29-17-25)27(34)31-13-14-37-19-31)23-9-11-30(12-10-23)22-5-7-24(8-6-22)33(35)36;;/h1-8,23,25-26,29H,9-15,17-19H2;2*1H/t25-,26-;;/m0../s1. The molecule has 3 heterocycles. The highest BCUT2D eigenvalue weighted by atomic mass is 35.5. The number of nitro groups is 1. The average molecular weight is 594 g/mol. The number of non-ortho nitro benzene ring substituents is 1. The van der Waals surface area contributed by atoms with Gasteiger partial charge in [0.2, 0.25) is 5.91 Å². The third kappa shape index (κ3) is 7.35. The quantitative estimate of drug-likeness (QED) is 0.379. The minimum Gasteiger partial charge on any atom is -0.371 e. The number of nitrogens with one attached hydrogen (secondary N) is 1. The lowest BCUT2D eigenvalue weighted by atomic mass is 9.98. The maximum absolute atomic E-state index is 13.0. The molecule has 2 atom stereocenters. The number of halogens is 2. The Morgan fingerprint density at radius 3 is 2.36 bits per heavy atom. The van der Waals surface area contributed by atoms with Crippen LogP contribution in [0.5, 0.6) is 0 Å². The molecule has 0 spiro atoms. The molecule has 5 rings (SSSR count). The largest absolute Gasteiger partial charge is 0.371 e. The van der Waals surface area contributed by atoms with Crippen LogP contribution >= 0.6 is 36.6 Å². The highest BCUT2D eigenvalue weighted by molar-refractivity contribution is 7.99. The lowest BCUT2D eigenvalue weighted by molar-refractivity contribution is -0.384. The summed E-state index contributed by atoms with van der Waals surface area (Å²) in [7, 11) is 0. The van der Waals surface area contributed by atoms with E-state index in [2.05, 4.69) is 21.2 Å². The predicted octanol–water partition coefficient (Wildman–Crippen LogP) is 4.04. The number of hydrogen-bond acceptors (Lipinski definition) is 8. The minimum absolute atomic E-state index is 0. The molecule has 39 heavy (non-hydrogen) atoms. The molecule has 3 aliphatic heterocycles. The SMILES string of the molecule is Cl.Cl.N#Cc1ccc(CN(C2CCN(c3ccc([N+](=O)[O-])cc3)CC2)[C@@H]2CN[C@H](C(=O)N3CCSC3)C2)cc1. The van der Waals surface area contributed by atoms with Gasteiger partial charge >= 0.3 is 0 Å². The number of nitro benzene ring substituents is 1. The molecule has 0 unspecified atom stereocenters. The van der Waals surface area contributed by atoms with E-state index < -0.39 is 0 Å². The van der Waals surface area contributed by atoms with Crippen molar-refractivity contribution in [3.05, 3.63) is 69.8 Å². The monoisotopic (exact) mass is 592 g/mol. The zero-order valence-corrected chi connectivity index (χ0v) is 24.1. The molecule has 3 saturated heterocycles. The van der Waals surface area contributed by atoms with Crippen LogP contribution in [0, 0.1) is 21.4 Å². The first kappa shape index (κ1) is 31.0. The highest BCUT2D eigenvalue weighted by Gasteiger charge is 2.38. The van der Waals surface area contributed by atoms with Crippen LogP contribution in [0.2, 0.25) is 0 Å². The second kappa shape index (κ2) is 14.2. The Kier molecular flexibility index (Phi) is 11.3. The Hall–Kier alpha value is -2.55. The Labute approximate surface area is 245 Å². The first-order valence-electron chi connectivity index (χ1n) is 12.9. The number of carbonyl (C=O) groups is 1. The number of piperidine rings is 1. The van der Waals surface area contributed by atoms with Crippen LogP contribution in [0.15, 0.2) is 48.5 Å². The molecular weight excluding hydrogens is 559 g/mol. The molecule has 9 nitrogen and oxygen atoms in total. The van der Waals surface area contributed by atoms with Crippen molar-refractivity contribution in [2.75, 3.05) is 42.7 Å². The molecular formula is C27H34Cl2N6O3S. The molecule has 0 bridgehead atoms. The van der Waals surface area contributed by atoms with Crippen LogP contribution in [-0.2, 0) is 11.3 Å². The fraction of sp³-hybridized carbons (Fsp3) is 0.481. The molecule has 2 aromatic carbocycles. The number of hydrogen-bond donors (Lipinski definition) is 1. The van der Waals surface area contributed by atoms with Gasteiger partial charge in [-0.3, -0.25) is 19.8 Å². The van der Waals surface area contributed by atoms with Crippen LogP contribution in [0.25, 0.3) is 0 Å². The molecule has 0 aliphatic carbocycles. The summed E-state index contributed by atoms with van der Waals surface area (Å²) < 4.78 is 0. The van der Waals surface area contributed by atoms with Gasteiger partial charge in [0.1, 0.15) is 0 Å². The van der Waals surface area contributed by atoms with E-state index in [9.17, 15) is 20.2 Å². The van der Waals surface area contributed by atoms with E-state index in [-0.39, 0.29) is 53.4 Å². The maximum atomic E-state index is 13.0. The molecule has 210 valence electrons. The Morgan fingerprint density at radius 1 is 1.08 bits per heavy atom. The maximum Gasteiger partial charge on any atom is 0.269 e. The Balaban J connectivity index is 0.00000210. The summed E-state index contributed by atoms with van der Waals surface area (Å²) in [5.41, 5.74) is 2.95. The summed E-state index contributed by atoms with van der Waals surface area (Å²) in [5, 5.41) is 23.7. The Morgan fingerprint density at radius 2 is 1.77 bits per heavy atom. The van der Waals surface area contributed by atoms with Gasteiger partial charge < -0.3 is 15.1 Å². The van der Waals surface area contributed by atoms with Crippen molar-refractivity contribution in [1.29, 1.82) is 5.26 Å². The molecule has 3 aliphatic rings. The molecule has 0 radical (unpaired) electrons. The van der Waals surface area contributed by atoms with Gasteiger partial charge in [0.25, 0.3) is 5.69 Å². The van der Waals surface area contributed by atoms with E-state index in [1.165, 1.54) is 5.56 Å². The van der Waals surface area contributed by atoms with Crippen LogP contribution in [0.4, 0.5) is 11.4 Å². The predicted molar refractivity (Wildman–Crippen MR) is 159 cm³/mol. The summed E-state index contributed by atoms with van der Waals surface area (Å²) in [6.45, 7) is 4.15. The van der Waals surface area contributed by atoms with Crippen molar-refractivity contribution < 1.29 is 9.72 Å². The summed E-state index contributed by atoms with van der Waals surface area (Å²) in [6, 6.07) is 17.3. The summed E-state index contributed by atoms with van der Waals surface area (Å²) in [5.74, 6) is 2.02. The van der Waals surface area contributed by atoms with E-state index in [1.54, 1.807) is 12.1 Å². The molecule has 1 amide bonds. The van der Waals surface area contributed by atoms with Gasteiger partial charge in [0, 0.05) is 68.4 Å². The van der Waals surface area contributed by atoms with Gasteiger partial charge in [0.15, 0.2) is 0 Å². The highest BCUT2D eigenvalue weighted by Crippen LogP contribution is 2.29. The van der Waals surface area contributed by atoms with Gasteiger partial charge in [-0.25, -0.2) is 0 Å².